The highest BCUT2D eigenvalue weighted by Crippen LogP contribution is 2.42. The molecule has 190 valence electrons. The molecule has 7 nitrogen and oxygen atoms in total. The van der Waals surface area contributed by atoms with Crippen LogP contribution in [0.2, 0.25) is 0 Å². The minimum Gasteiger partial charge on any atom is -0.487 e. The Kier molecular flexibility index (Phi) is 5.05. The second kappa shape index (κ2) is 8.09. The van der Waals surface area contributed by atoms with E-state index in [0.29, 0.717) is 11.3 Å². The molecule has 0 atom stereocenters. The molecule has 6 rings (SSSR count). The number of hydrazine groups is 1. The smallest absolute Gasteiger partial charge is 0.487 e. The highest BCUT2D eigenvalue weighted by Gasteiger charge is 2.43. The maximum atomic E-state index is 13.6. The number of rotatable bonds is 3. The van der Waals surface area contributed by atoms with Gasteiger partial charge in [-0.3, -0.25) is 5.43 Å². The van der Waals surface area contributed by atoms with Crippen molar-refractivity contribution < 1.29 is 32.2 Å². The van der Waals surface area contributed by atoms with Crippen LogP contribution >= 0.6 is 0 Å². The van der Waals surface area contributed by atoms with Crippen molar-refractivity contribution in [2.75, 3.05) is 11.9 Å². The molecule has 0 radical (unpaired) electrons. The van der Waals surface area contributed by atoms with Crippen LogP contribution in [0.25, 0.3) is 11.3 Å². The van der Waals surface area contributed by atoms with Crippen molar-refractivity contribution in [3.63, 3.8) is 0 Å². The highest BCUT2D eigenvalue weighted by molar-refractivity contribution is 5.98. The maximum absolute atomic E-state index is 13.6. The summed E-state index contributed by atoms with van der Waals surface area (Å²) in [5.41, 5.74) is 7.21. The summed E-state index contributed by atoms with van der Waals surface area (Å²) in [5.74, 6) is 0.162. The van der Waals surface area contributed by atoms with E-state index in [1.54, 1.807) is 12.1 Å². The van der Waals surface area contributed by atoms with Crippen LogP contribution in [-0.2, 0) is 6.42 Å². The summed E-state index contributed by atoms with van der Waals surface area (Å²) >= 11 is 0. The number of benzene rings is 3. The first-order valence-electron chi connectivity index (χ1n) is 11.6. The van der Waals surface area contributed by atoms with Gasteiger partial charge in [-0.1, -0.05) is 6.07 Å². The molecule has 0 bridgehead atoms. The summed E-state index contributed by atoms with van der Waals surface area (Å²) in [6.07, 6.45) is -3.00. The minimum atomic E-state index is -3.75. The lowest BCUT2D eigenvalue weighted by molar-refractivity contribution is -0.286. The molecule has 0 aliphatic carbocycles. The summed E-state index contributed by atoms with van der Waals surface area (Å²) in [7, 11) is 0. The number of carbonyl (C=O) groups excluding carboxylic acids is 1. The quantitative estimate of drug-likeness (QED) is 0.468. The zero-order valence-corrected chi connectivity index (χ0v) is 19.9. The van der Waals surface area contributed by atoms with Gasteiger partial charge < -0.3 is 19.5 Å². The number of ether oxygens (including phenoxy) is 3. The van der Waals surface area contributed by atoms with Crippen LogP contribution in [0.5, 0.6) is 17.2 Å². The first-order chi connectivity index (χ1) is 17.6. The summed E-state index contributed by atoms with van der Waals surface area (Å²) in [6, 6.07) is 15.3. The van der Waals surface area contributed by atoms with E-state index in [1.807, 2.05) is 32.0 Å². The minimum absolute atomic E-state index is 0.117. The molecule has 3 aliphatic heterocycles. The van der Waals surface area contributed by atoms with Gasteiger partial charge in [0.1, 0.15) is 17.2 Å². The van der Waals surface area contributed by atoms with E-state index in [9.17, 15) is 18.0 Å². The third-order valence-corrected chi connectivity index (χ3v) is 6.31. The zero-order chi connectivity index (χ0) is 25.9. The summed E-state index contributed by atoms with van der Waals surface area (Å²) in [4.78, 5) is 13.1. The summed E-state index contributed by atoms with van der Waals surface area (Å²) in [6.45, 7) is 4.25. The molecule has 10 heteroatoms. The molecular formula is C27H22F3N3O4. The Balaban J connectivity index is 1.27. The molecule has 2 amide bonds. The average molecular weight is 509 g/mol. The number of halogens is 3. The Morgan fingerprint density at radius 3 is 2.41 bits per heavy atom. The van der Waals surface area contributed by atoms with Gasteiger partial charge in [-0.25, -0.2) is 14.2 Å². The number of fused-ring (bicyclic) bond motifs is 2. The van der Waals surface area contributed by atoms with Gasteiger partial charge in [0.25, 0.3) is 0 Å². The van der Waals surface area contributed by atoms with Gasteiger partial charge in [0, 0.05) is 23.7 Å². The van der Waals surface area contributed by atoms with Gasteiger partial charge in [-0.05, 0) is 79.1 Å². The average Bonchev–Trinajstić information content (AvgIpc) is 3.49. The van der Waals surface area contributed by atoms with Crippen LogP contribution in [-0.4, -0.2) is 29.5 Å². The Morgan fingerprint density at radius 2 is 1.62 bits per heavy atom. The topological polar surface area (TPSA) is 72.1 Å². The summed E-state index contributed by atoms with van der Waals surface area (Å²) < 4.78 is 55.2. The lowest BCUT2D eigenvalue weighted by Crippen LogP contribution is -2.40. The van der Waals surface area contributed by atoms with Crippen molar-refractivity contribution >= 4 is 23.0 Å². The van der Waals surface area contributed by atoms with E-state index >= 15 is 0 Å². The number of hydrogen-bond donors (Lipinski definition) is 2. The first kappa shape index (κ1) is 23.1. The number of anilines is 1. The Bertz CT molecular complexity index is 1450. The Labute approximate surface area is 210 Å². The zero-order valence-electron chi connectivity index (χ0n) is 19.9. The van der Waals surface area contributed by atoms with Crippen molar-refractivity contribution in [1.29, 1.82) is 0 Å². The molecule has 3 aliphatic rings. The van der Waals surface area contributed by atoms with E-state index in [4.69, 9.17) is 4.74 Å². The molecule has 3 aromatic rings. The normalized spacial score (nSPS) is 18.4. The number of hydrogen-bond acceptors (Lipinski definition) is 5. The van der Waals surface area contributed by atoms with Gasteiger partial charge in [0.05, 0.1) is 12.2 Å². The fourth-order valence-electron chi connectivity index (χ4n) is 4.71. The Morgan fingerprint density at radius 1 is 0.919 bits per heavy atom. The van der Waals surface area contributed by atoms with Crippen molar-refractivity contribution in [3.05, 3.63) is 83.2 Å². The number of nitrogens with zero attached hydrogens (tertiary/aromatic N) is 1. The third-order valence-electron chi connectivity index (χ3n) is 6.31. The number of carbonyl (C=O) groups is 1. The standard InChI is InChI=1S/C27H22F3N3O4/c1-26(2)13-17-11-16(5-9-21(17)35-26)20-14-33(32-24(20)15-3-6-18(28)7-4-15)25(34)31-19-8-10-22-23(12-19)37-27(29,30)36-22/h3-12,32H,13-14H2,1-2H3,(H,31,34). The second-order valence-corrected chi connectivity index (χ2v) is 9.68. The van der Waals surface area contributed by atoms with E-state index < -0.39 is 12.3 Å². The SMILES string of the molecule is CC1(C)Cc2cc(C3=C(c4ccc(F)cc4)NN(C(=O)Nc4ccc5c(c4)OC(F)(F)O5)C3)ccc2O1. The van der Waals surface area contributed by atoms with Crippen molar-refractivity contribution in [3.8, 4) is 17.2 Å². The van der Waals surface area contributed by atoms with Crippen LogP contribution in [0.15, 0.2) is 60.7 Å². The lowest BCUT2D eigenvalue weighted by Gasteiger charge is -2.19. The van der Waals surface area contributed by atoms with Crippen molar-refractivity contribution in [1.82, 2.24) is 10.4 Å². The van der Waals surface area contributed by atoms with Gasteiger partial charge in [-0.15, -0.1) is 8.78 Å². The monoisotopic (exact) mass is 509 g/mol. The highest BCUT2D eigenvalue weighted by atomic mass is 19.3. The molecule has 0 fully saturated rings. The third kappa shape index (κ3) is 4.39. The second-order valence-electron chi connectivity index (χ2n) is 9.68. The largest absolute Gasteiger partial charge is 0.586 e. The number of alkyl halides is 2. The fourth-order valence-corrected chi connectivity index (χ4v) is 4.71. The van der Waals surface area contributed by atoms with E-state index in [-0.39, 0.29) is 35.1 Å². The molecule has 0 unspecified atom stereocenters. The molecule has 3 heterocycles. The molecule has 3 aromatic carbocycles. The van der Waals surface area contributed by atoms with Gasteiger partial charge in [0.15, 0.2) is 11.5 Å². The number of urea groups is 1. The predicted molar refractivity (Wildman–Crippen MR) is 130 cm³/mol. The molecule has 0 saturated heterocycles. The maximum Gasteiger partial charge on any atom is 0.586 e. The fraction of sp³-hybridized carbons (Fsp3) is 0.222. The van der Waals surface area contributed by atoms with E-state index in [1.165, 1.54) is 35.3 Å². The molecule has 37 heavy (non-hydrogen) atoms. The molecule has 0 spiro atoms. The summed E-state index contributed by atoms with van der Waals surface area (Å²) in [5, 5.41) is 4.05. The van der Waals surface area contributed by atoms with Gasteiger partial charge >= 0.3 is 12.3 Å². The molecule has 0 saturated carbocycles. The molecular weight excluding hydrogens is 487 g/mol. The number of amides is 2. The van der Waals surface area contributed by atoms with Crippen molar-refractivity contribution in [2.24, 2.45) is 0 Å². The van der Waals surface area contributed by atoms with E-state index in [2.05, 4.69) is 20.2 Å². The van der Waals surface area contributed by atoms with Crippen LogP contribution in [0.3, 0.4) is 0 Å². The number of nitrogens with one attached hydrogen (secondary N) is 2. The van der Waals surface area contributed by atoms with Crippen LogP contribution in [0, 0.1) is 5.82 Å². The van der Waals surface area contributed by atoms with Crippen molar-refractivity contribution in [2.45, 2.75) is 32.2 Å². The van der Waals surface area contributed by atoms with Gasteiger partial charge in [-0.2, -0.15) is 0 Å². The predicted octanol–water partition coefficient (Wildman–Crippen LogP) is 5.78. The molecule has 2 N–H and O–H groups in total. The lowest BCUT2D eigenvalue weighted by atomic mass is 9.96. The van der Waals surface area contributed by atoms with Crippen LogP contribution in [0.1, 0.15) is 30.5 Å². The Hall–Kier alpha value is -4.34. The first-order valence-corrected chi connectivity index (χ1v) is 11.6. The van der Waals surface area contributed by atoms with Crippen LogP contribution in [0.4, 0.5) is 23.7 Å². The van der Waals surface area contributed by atoms with Crippen LogP contribution < -0.4 is 25.0 Å². The van der Waals surface area contributed by atoms with Gasteiger partial charge in [0.2, 0.25) is 0 Å². The molecule has 0 aromatic heterocycles. The van der Waals surface area contributed by atoms with E-state index in [0.717, 1.165) is 28.9 Å².